The van der Waals surface area contributed by atoms with Gasteiger partial charge < -0.3 is 10.6 Å². The highest BCUT2D eigenvalue weighted by Crippen LogP contribution is 2.36. The molecule has 0 amide bonds. The Morgan fingerprint density at radius 2 is 1.76 bits per heavy atom. The fourth-order valence-corrected chi connectivity index (χ4v) is 3.56. The van der Waals surface area contributed by atoms with E-state index in [1.54, 1.807) is 0 Å². The molecule has 1 saturated heterocycles. The van der Waals surface area contributed by atoms with Gasteiger partial charge in [0.1, 0.15) is 0 Å². The van der Waals surface area contributed by atoms with E-state index < -0.39 is 0 Å². The summed E-state index contributed by atoms with van der Waals surface area (Å²) in [6, 6.07) is 0.871. The first-order chi connectivity index (χ1) is 8.11. The van der Waals surface area contributed by atoms with E-state index >= 15 is 0 Å². The van der Waals surface area contributed by atoms with Crippen LogP contribution < -0.4 is 5.73 Å². The van der Waals surface area contributed by atoms with Crippen LogP contribution in [0.25, 0.3) is 0 Å². The zero-order valence-electron chi connectivity index (χ0n) is 11.8. The first kappa shape index (κ1) is 13.4. The minimum atomic E-state index is 0.588. The molecule has 1 saturated carbocycles. The molecule has 1 heterocycles. The zero-order chi connectivity index (χ0) is 12.3. The van der Waals surface area contributed by atoms with Crippen LogP contribution in [0.1, 0.15) is 58.8 Å². The van der Waals surface area contributed by atoms with Gasteiger partial charge in [-0.15, -0.1) is 0 Å². The molecule has 0 aromatic heterocycles. The lowest BCUT2D eigenvalue weighted by Gasteiger charge is -2.37. The Morgan fingerprint density at radius 3 is 2.41 bits per heavy atom. The average molecular weight is 238 g/mol. The number of nitrogens with two attached hydrogens (primary N) is 1. The molecule has 2 nitrogen and oxygen atoms in total. The van der Waals surface area contributed by atoms with Crippen molar-refractivity contribution in [2.24, 2.45) is 17.1 Å². The van der Waals surface area contributed by atoms with Gasteiger partial charge in [0.15, 0.2) is 0 Å². The largest absolute Gasteiger partial charge is 0.330 e. The van der Waals surface area contributed by atoms with Gasteiger partial charge in [0.25, 0.3) is 0 Å². The van der Waals surface area contributed by atoms with Crippen LogP contribution in [-0.4, -0.2) is 30.6 Å². The molecule has 2 N–H and O–H groups in total. The summed E-state index contributed by atoms with van der Waals surface area (Å²) in [5.41, 5.74) is 6.36. The summed E-state index contributed by atoms with van der Waals surface area (Å²) in [5.74, 6) is 0.800. The summed E-state index contributed by atoms with van der Waals surface area (Å²) in [7, 11) is 0. The fourth-order valence-electron chi connectivity index (χ4n) is 3.56. The maximum Gasteiger partial charge on any atom is 0.00954 e. The van der Waals surface area contributed by atoms with Crippen LogP contribution in [0, 0.1) is 11.3 Å². The molecule has 1 atom stereocenters. The van der Waals surface area contributed by atoms with E-state index in [0.717, 1.165) is 18.5 Å². The van der Waals surface area contributed by atoms with Crippen molar-refractivity contribution in [2.75, 3.05) is 19.6 Å². The van der Waals surface area contributed by atoms with E-state index in [1.807, 2.05) is 0 Å². The van der Waals surface area contributed by atoms with E-state index in [-0.39, 0.29) is 0 Å². The first-order valence-electron chi connectivity index (χ1n) is 7.55. The Bertz CT molecular complexity index is 229. The lowest BCUT2D eigenvalue weighted by molar-refractivity contribution is 0.121. The second-order valence-corrected chi connectivity index (χ2v) is 6.96. The van der Waals surface area contributed by atoms with Crippen LogP contribution in [0.3, 0.4) is 0 Å². The molecular formula is C15H30N2. The summed E-state index contributed by atoms with van der Waals surface area (Å²) in [6.07, 6.45) is 9.76. The maximum atomic E-state index is 5.77. The average Bonchev–Trinajstić information content (AvgIpc) is 2.50. The predicted octanol–water partition coefficient (Wildman–Crippen LogP) is 3.02. The number of likely N-dealkylation sites (tertiary alicyclic amines) is 1. The standard InChI is InChI=1S/C15H30N2/c1-15(2)8-3-4-14(5-9-15)17-10-6-13(12-16)7-11-17/h13-14H,3-12,16H2,1-2H3. The van der Waals surface area contributed by atoms with Gasteiger partial charge in [-0.2, -0.15) is 0 Å². The number of piperidine rings is 1. The molecule has 1 aliphatic heterocycles. The van der Waals surface area contributed by atoms with E-state index in [2.05, 4.69) is 18.7 Å². The normalized spacial score (nSPS) is 32.3. The van der Waals surface area contributed by atoms with Gasteiger partial charge in [0.05, 0.1) is 0 Å². The molecule has 0 aromatic carbocycles. The van der Waals surface area contributed by atoms with Gasteiger partial charge in [0, 0.05) is 6.04 Å². The lowest BCUT2D eigenvalue weighted by atomic mass is 9.85. The third-order valence-corrected chi connectivity index (χ3v) is 5.04. The van der Waals surface area contributed by atoms with Gasteiger partial charge in [-0.3, -0.25) is 0 Å². The molecule has 2 fully saturated rings. The van der Waals surface area contributed by atoms with Crippen LogP contribution in [-0.2, 0) is 0 Å². The fraction of sp³-hybridized carbons (Fsp3) is 1.00. The number of hydrogen-bond donors (Lipinski definition) is 1. The zero-order valence-corrected chi connectivity index (χ0v) is 11.8. The van der Waals surface area contributed by atoms with Crippen molar-refractivity contribution in [1.29, 1.82) is 0 Å². The summed E-state index contributed by atoms with van der Waals surface area (Å²) < 4.78 is 0. The molecule has 2 aliphatic rings. The Labute approximate surface area is 107 Å². The van der Waals surface area contributed by atoms with Crippen LogP contribution in [0.4, 0.5) is 0 Å². The number of nitrogens with zero attached hydrogens (tertiary/aromatic N) is 1. The van der Waals surface area contributed by atoms with Gasteiger partial charge in [-0.1, -0.05) is 20.3 Å². The minimum absolute atomic E-state index is 0.588. The monoisotopic (exact) mass is 238 g/mol. The Morgan fingerprint density at radius 1 is 1.06 bits per heavy atom. The van der Waals surface area contributed by atoms with Crippen molar-refractivity contribution in [2.45, 2.75) is 64.8 Å². The van der Waals surface area contributed by atoms with Gasteiger partial charge in [-0.25, -0.2) is 0 Å². The van der Waals surface area contributed by atoms with Crippen molar-refractivity contribution < 1.29 is 0 Å². The quantitative estimate of drug-likeness (QED) is 0.749. The Balaban J connectivity index is 1.82. The van der Waals surface area contributed by atoms with Gasteiger partial charge >= 0.3 is 0 Å². The van der Waals surface area contributed by atoms with Gasteiger partial charge in [0.2, 0.25) is 0 Å². The molecule has 0 radical (unpaired) electrons. The summed E-state index contributed by atoms with van der Waals surface area (Å²) >= 11 is 0. The maximum absolute atomic E-state index is 5.77. The van der Waals surface area contributed by atoms with E-state index in [4.69, 9.17) is 5.73 Å². The lowest BCUT2D eigenvalue weighted by Crippen LogP contribution is -2.42. The Hall–Kier alpha value is -0.0800. The number of rotatable bonds is 2. The number of hydrogen-bond acceptors (Lipinski definition) is 2. The first-order valence-corrected chi connectivity index (χ1v) is 7.55. The molecular weight excluding hydrogens is 208 g/mol. The smallest absolute Gasteiger partial charge is 0.00954 e. The molecule has 100 valence electrons. The predicted molar refractivity (Wildman–Crippen MR) is 74.0 cm³/mol. The third-order valence-electron chi connectivity index (χ3n) is 5.04. The molecule has 2 heteroatoms. The summed E-state index contributed by atoms with van der Waals surface area (Å²) in [6.45, 7) is 8.37. The molecule has 0 spiro atoms. The SMILES string of the molecule is CC1(C)CCCC(N2CCC(CN)CC2)CC1. The topological polar surface area (TPSA) is 29.3 Å². The van der Waals surface area contributed by atoms with Crippen molar-refractivity contribution in [3.63, 3.8) is 0 Å². The molecule has 0 bridgehead atoms. The van der Waals surface area contributed by atoms with Crippen LogP contribution in [0.15, 0.2) is 0 Å². The van der Waals surface area contributed by atoms with E-state index in [1.165, 1.54) is 58.0 Å². The van der Waals surface area contributed by atoms with Crippen LogP contribution in [0.2, 0.25) is 0 Å². The molecule has 0 aromatic rings. The van der Waals surface area contributed by atoms with Crippen molar-refractivity contribution in [3.8, 4) is 0 Å². The van der Waals surface area contributed by atoms with Crippen molar-refractivity contribution in [3.05, 3.63) is 0 Å². The molecule has 2 rings (SSSR count). The summed E-state index contributed by atoms with van der Waals surface area (Å²) in [5, 5.41) is 0. The molecule has 17 heavy (non-hydrogen) atoms. The highest BCUT2D eigenvalue weighted by atomic mass is 15.2. The third kappa shape index (κ3) is 3.69. The van der Waals surface area contributed by atoms with Crippen LogP contribution >= 0.6 is 0 Å². The van der Waals surface area contributed by atoms with Crippen molar-refractivity contribution >= 4 is 0 Å². The van der Waals surface area contributed by atoms with Crippen molar-refractivity contribution in [1.82, 2.24) is 4.90 Å². The minimum Gasteiger partial charge on any atom is -0.330 e. The van der Waals surface area contributed by atoms with E-state index in [9.17, 15) is 0 Å². The highest BCUT2D eigenvalue weighted by molar-refractivity contribution is 4.84. The molecule has 1 aliphatic carbocycles. The summed E-state index contributed by atoms with van der Waals surface area (Å²) in [4.78, 5) is 2.76. The van der Waals surface area contributed by atoms with E-state index in [0.29, 0.717) is 5.41 Å². The second kappa shape index (κ2) is 5.71. The molecule has 1 unspecified atom stereocenters. The Kier molecular flexibility index (Phi) is 4.48. The highest BCUT2D eigenvalue weighted by Gasteiger charge is 2.29. The van der Waals surface area contributed by atoms with Crippen LogP contribution in [0.5, 0.6) is 0 Å². The van der Waals surface area contributed by atoms with Gasteiger partial charge in [-0.05, 0) is 69.5 Å². The second-order valence-electron chi connectivity index (χ2n) is 6.96.